The van der Waals surface area contributed by atoms with Crippen molar-refractivity contribution < 1.29 is 14.2 Å². The molecule has 0 spiro atoms. The fraction of sp³-hybridized carbons (Fsp3) is 0.435. The Morgan fingerprint density at radius 3 is 2.72 bits per heavy atom. The molecule has 0 bridgehead atoms. The number of nitrogens with zero attached hydrogens (tertiary/aromatic N) is 5. The number of nitrogens with one attached hydrogen (secondary N) is 1. The summed E-state index contributed by atoms with van der Waals surface area (Å²) in [5.41, 5.74) is 3.87. The second-order valence-corrected chi connectivity index (χ2v) is 7.88. The zero-order valence-electron chi connectivity index (χ0n) is 18.3. The monoisotopic (exact) mass is 436 g/mol. The first-order valence-corrected chi connectivity index (χ1v) is 11.0. The van der Waals surface area contributed by atoms with Crippen molar-refractivity contribution in [1.82, 2.24) is 25.2 Å². The van der Waals surface area contributed by atoms with Crippen molar-refractivity contribution in [2.75, 3.05) is 64.5 Å². The van der Waals surface area contributed by atoms with Crippen molar-refractivity contribution in [3.8, 4) is 17.4 Å². The summed E-state index contributed by atoms with van der Waals surface area (Å²) in [6, 6.07) is 7.82. The van der Waals surface area contributed by atoms with Crippen LogP contribution in [0.3, 0.4) is 0 Å². The molecule has 5 rings (SSSR count). The van der Waals surface area contributed by atoms with E-state index in [0.29, 0.717) is 25.6 Å². The van der Waals surface area contributed by atoms with Crippen LogP contribution in [0.4, 0.5) is 5.69 Å². The first kappa shape index (κ1) is 20.7. The van der Waals surface area contributed by atoms with Gasteiger partial charge in [-0.25, -0.2) is 4.98 Å². The summed E-state index contributed by atoms with van der Waals surface area (Å²) < 4.78 is 16.5. The molecule has 0 unspecified atom stereocenters. The molecule has 5 heterocycles. The van der Waals surface area contributed by atoms with Crippen LogP contribution in [0.1, 0.15) is 5.69 Å². The van der Waals surface area contributed by atoms with Crippen LogP contribution in [0.15, 0.2) is 36.7 Å². The summed E-state index contributed by atoms with van der Waals surface area (Å²) >= 11 is 0. The summed E-state index contributed by atoms with van der Waals surface area (Å²) in [5.74, 6) is 2.13. The summed E-state index contributed by atoms with van der Waals surface area (Å²) in [5, 5.41) is 3.49. The molecule has 3 aromatic rings. The van der Waals surface area contributed by atoms with Gasteiger partial charge in [-0.15, -0.1) is 0 Å². The number of anilines is 1. The molecule has 0 aliphatic carbocycles. The third-order valence-corrected chi connectivity index (χ3v) is 5.86. The molecule has 32 heavy (non-hydrogen) atoms. The van der Waals surface area contributed by atoms with Gasteiger partial charge in [-0.2, -0.15) is 0 Å². The van der Waals surface area contributed by atoms with Gasteiger partial charge in [-0.1, -0.05) is 0 Å². The highest BCUT2D eigenvalue weighted by atomic mass is 16.6. The second kappa shape index (κ2) is 9.54. The molecule has 0 aromatic carbocycles. The highest BCUT2D eigenvalue weighted by Crippen LogP contribution is 2.29. The predicted molar refractivity (Wildman–Crippen MR) is 122 cm³/mol. The standard InChI is InChI=1S/C23H28N6O3/c1-30-22-3-2-18-23(27-22)19(4-5-25-18)29-10-8-28(9-11-29)7-6-24-15-17-14-20-21(16-26-17)32-13-12-31-20/h2-5,14,16,24H,6-13,15H2,1H3. The Balaban J connectivity index is 1.11. The summed E-state index contributed by atoms with van der Waals surface area (Å²) in [6.07, 6.45) is 3.60. The first-order chi connectivity index (χ1) is 15.8. The van der Waals surface area contributed by atoms with Gasteiger partial charge in [0.25, 0.3) is 0 Å². The van der Waals surface area contributed by atoms with Crippen molar-refractivity contribution in [2.45, 2.75) is 6.54 Å². The summed E-state index contributed by atoms with van der Waals surface area (Å²) in [4.78, 5) is 18.4. The Labute approximate surface area is 187 Å². The second-order valence-electron chi connectivity index (χ2n) is 7.88. The van der Waals surface area contributed by atoms with E-state index in [1.807, 2.05) is 30.5 Å². The molecule has 1 saturated heterocycles. The Kier molecular flexibility index (Phi) is 6.17. The predicted octanol–water partition coefficient (Wildman–Crippen LogP) is 1.72. The number of fused-ring (bicyclic) bond motifs is 2. The third kappa shape index (κ3) is 4.53. The summed E-state index contributed by atoms with van der Waals surface area (Å²) in [6.45, 7) is 7.75. The SMILES string of the molecule is COc1ccc2nccc(N3CCN(CCNCc4cc5c(cn4)OCCO5)CC3)c2n1. The van der Waals surface area contributed by atoms with E-state index in [-0.39, 0.29) is 0 Å². The lowest BCUT2D eigenvalue weighted by molar-refractivity contribution is 0.170. The third-order valence-electron chi connectivity index (χ3n) is 5.86. The highest BCUT2D eigenvalue weighted by Gasteiger charge is 2.19. The quantitative estimate of drug-likeness (QED) is 0.557. The van der Waals surface area contributed by atoms with Gasteiger partial charge < -0.3 is 24.4 Å². The van der Waals surface area contributed by atoms with Gasteiger partial charge in [0.05, 0.1) is 30.2 Å². The number of piperazine rings is 1. The zero-order valence-corrected chi connectivity index (χ0v) is 18.3. The average Bonchev–Trinajstić information content (AvgIpc) is 2.86. The van der Waals surface area contributed by atoms with E-state index in [0.717, 1.165) is 73.2 Å². The lowest BCUT2D eigenvalue weighted by Gasteiger charge is -2.36. The molecular formula is C23H28N6O3. The molecule has 3 aromatic heterocycles. The molecule has 1 fully saturated rings. The summed E-state index contributed by atoms with van der Waals surface area (Å²) in [7, 11) is 1.64. The van der Waals surface area contributed by atoms with Gasteiger partial charge in [-0.3, -0.25) is 14.9 Å². The highest BCUT2D eigenvalue weighted by molar-refractivity contribution is 5.88. The number of methoxy groups -OCH3 is 1. The fourth-order valence-corrected chi connectivity index (χ4v) is 4.11. The number of ether oxygens (including phenoxy) is 3. The maximum Gasteiger partial charge on any atom is 0.213 e. The molecular weight excluding hydrogens is 408 g/mol. The van der Waals surface area contributed by atoms with Crippen molar-refractivity contribution >= 4 is 16.7 Å². The maximum absolute atomic E-state index is 5.63. The van der Waals surface area contributed by atoms with E-state index in [1.54, 1.807) is 13.3 Å². The van der Waals surface area contributed by atoms with Crippen LogP contribution in [0.2, 0.25) is 0 Å². The molecule has 1 N–H and O–H groups in total. The minimum atomic E-state index is 0.585. The lowest BCUT2D eigenvalue weighted by atomic mass is 10.2. The normalized spacial score (nSPS) is 16.3. The number of hydrogen-bond donors (Lipinski definition) is 1. The minimum absolute atomic E-state index is 0.585. The van der Waals surface area contributed by atoms with Crippen LogP contribution in [0.5, 0.6) is 17.4 Å². The van der Waals surface area contributed by atoms with E-state index in [2.05, 4.69) is 30.1 Å². The molecule has 9 heteroatoms. The molecule has 0 amide bonds. The largest absolute Gasteiger partial charge is 0.486 e. The molecule has 168 valence electrons. The number of rotatable bonds is 7. The topological polar surface area (TPSA) is 84.9 Å². The molecule has 0 radical (unpaired) electrons. The first-order valence-electron chi connectivity index (χ1n) is 11.0. The van der Waals surface area contributed by atoms with Crippen LogP contribution in [0, 0.1) is 0 Å². The lowest BCUT2D eigenvalue weighted by Crippen LogP contribution is -2.48. The number of pyridine rings is 3. The Morgan fingerprint density at radius 2 is 1.88 bits per heavy atom. The minimum Gasteiger partial charge on any atom is -0.486 e. The Morgan fingerprint density at radius 1 is 1.03 bits per heavy atom. The molecule has 0 saturated carbocycles. The van der Waals surface area contributed by atoms with E-state index in [9.17, 15) is 0 Å². The van der Waals surface area contributed by atoms with Crippen molar-refractivity contribution in [3.63, 3.8) is 0 Å². The van der Waals surface area contributed by atoms with E-state index >= 15 is 0 Å². The number of hydrogen-bond acceptors (Lipinski definition) is 9. The van der Waals surface area contributed by atoms with Gasteiger partial charge in [-0.05, 0) is 12.1 Å². The van der Waals surface area contributed by atoms with E-state index in [1.165, 1.54) is 0 Å². The van der Waals surface area contributed by atoms with Gasteiger partial charge >= 0.3 is 0 Å². The zero-order chi connectivity index (χ0) is 21.8. The Hall–Kier alpha value is -3.17. The molecule has 9 nitrogen and oxygen atoms in total. The molecule has 0 atom stereocenters. The van der Waals surface area contributed by atoms with Crippen molar-refractivity contribution in [3.05, 3.63) is 42.4 Å². The van der Waals surface area contributed by atoms with Crippen molar-refractivity contribution in [2.24, 2.45) is 0 Å². The van der Waals surface area contributed by atoms with Crippen LogP contribution in [-0.4, -0.2) is 79.4 Å². The van der Waals surface area contributed by atoms with Crippen LogP contribution in [-0.2, 0) is 6.54 Å². The fourth-order valence-electron chi connectivity index (χ4n) is 4.11. The smallest absolute Gasteiger partial charge is 0.213 e. The van der Waals surface area contributed by atoms with Gasteiger partial charge in [0.1, 0.15) is 18.7 Å². The molecule has 2 aliphatic heterocycles. The van der Waals surface area contributed by atoms with Gasteiger partial charge in [0, 0.05) is 64.1 Å². The molecule has 2 aliphatic rings. The Bertz CT molecular complexity index is 1070. The van der Waals surface area contributed by atoms with Crippen LogP contribution >= 0.6 is 0 Å². The maximum atomic E-state index is 5.63. The van der Waals surface area contributed by atoms with Crippen LogP contribution in [0.25, 0.3) is 11.0 Å². The van der Waals surface area contributed by atoms with Gasteiger partial charge in [0.2, 0.25) is 5.88 Å². The van der Waals surface area contributed by atoms with Crippen LogP contribution < -0.4 is 24.4 Å². The average molecular weight is 437 g/mol. The van der Waals surface area contributed by atoms with Gasteiger partial charge in [0.15, 0.2) is 11.5 Å². The van der Waals surface area contributed by atoms with E-state index < -0.39 is 0 Å². The van der Waals surface area contributed by atoms with E-state index in [4.69, 9.17) is 14.2 Å². The number of aromatic nitrogens is 3. The van der Waals surface area contributed by atoms with Crippen molar-refractivity contribution in [1.29, 1.82) is 0 Å².